The minimum absolute atomic E-state index is 0.181. The fourth-order valence-electron chi connectivity index (χ4n) is 3.35. The van der Waals surface area contributed by atoms with Crippen LogP contribution in [-0.4, -0.2) is 49.1 Å². The van der Waals surface area contributed by atoms with Crippen LogP contribution >= 0.6 is 0 Å². The number of piperidine rings is 2. The van der Waals surface area contributed by atoms with E-state index in [0.717, 1.165) is 44.9 Å². The molecule has 2 heterocycles. The van der Waals surface area contributed by atoms with Crippen molar-refractivity contribution in [3.05, 3.63) is 0 Å². The van der Waals surface area contributed by atoms with E-state index in [1.807, 2.05) is 0 Å². The van der Waals surface area contributed by atoms with Gasteiger partial charge in [0.05, 0.1) is 5.92 Å². The van der Waals surface area contributed by atoms with Crippen molar-refractivity contribution in [3.8, 4) is 0 Å². The molecule has 0 aliphatic carbocycles. The number of nitrogens with one attached hydrogen (secondary N) is 2. The van der Waals surface area contributed by atoms with Gasteiger partial charge in [-0.3, -0.25) is 4.79 Å². The zero-order valence-electron chi connectivity index (χ0n) is 13.2. The summed E-state index contributed by atoms with van der Waals surface area (Å²) < 4.78 is 0. The summed E-state index contributed by atoms with van der Waals surface area (Å²) in [5.74, 6) is 0.427. The van der Waals surface area contributed by atoms with Gasteiger partial charge in [-0.25, -0.2) is 0 Å². The average molecular weight is 281 g/mol. The first kappa shape index (κ1) is 15.8. The maximum absolute atomic E-state index is 12.1. The molecule has 0 bridgehead atoms. The molecule has 2 rings (SSSR count). The van der Waals surface area contributed by atoms with Gasteiger partial charge in [-0.2, -0.15) is 0 Å². The third kappa shape index (κ3) is 4.74. The first-order chi connectivity index (χ1) is 9.66. The van der Waals surface area contributed by atoms with Crippen molar-refractivity contribution >= 4 is 5.91 Å². The maximum atomic E-state index is 12.1. The van der Waals surface area contributed by atoms with E-state index in [-0.39, 0.29) is 11.8 Å². The molecular weight excluding hydrogens is 250 g/mol. The highest BCUT2D eigenvalue weighted by Gasteiger charge is 2.23. The number of carbonyl (C=O) groups is 1. The first-order valence-electron chi connectivity index (χ1n) is 8.42. The van der Waals surface area contributed by atoms with Gasteiger partial charge in [-0.15, -0.1) is 0 Å². The average Bonchev–Trinajstić information content (AvgIpc) is 2.46. The molecule has 0 aromatic rings. The Bertz CT molecular complexity index is 300. The topological polar surface area (TPSA) is 44.4 Å². The lowest BCUT2D eigenvalue weighted by atomic mass is 9.95. The van der Waals surface area contributed by atoms with Gasteiger partial charge in [-0.1, -0.05) is 6.42 Å². The molecule has 0 saturated carbocycles. The fraction of sp³-hybridized carbons (Fsp3) is 0.938. The molecule has 20 heavy (non-hydrogen) atoms. The van der Waals surface area contributed by atoms with Crippen LogP contribution in [0.1, 0.15) is 52.4 Å². The molecule has 116 valence electrons. The lowest BCUT2D eigenvalue weighted by Crippen LogP contribution is -2.44. The molecule has 3 atom stereocenters. The third-order valence-electron chi connectivity index (χ3n) is 4.89. The molecule has 0 aromatic carbocycles. The lowest BCUT2D eigenvalue weighted by molar-refractivity contribution is -0.125. The standard InChI is InChI=1S/C16H31N3O/c1-13-7-8-15(12-18-13)16(20)17-9-5-11-19-10-4-3-6-14(19)2/h13-15,18H,3-12H2,1-2H3,(H,17,20). The van der Waals surface area contributed by atoms with Crippen molar-refractivity contribution in [2.45, 2.75) is 64.5 Å². The molecule has 0 aromatic heterocycles. The monoisotopic (exact) mass is 281 g/mol. The predicted octanol–water partition coefficient (Wildman–Crippen LogP) is 1.76. The van der Waals surface area contributed by atoms with Crippen LogP contribution in [0.3, 0.4) is 0 Å². The summed E-state index contributed by atoms with van der Waals surface area (Å²) in [6.45, 7) is 8.55. The van der Waals surface area contributed by atoms with Gasteiger partial charge in [0.25, 0.3) is 0 Å². The Morgan fingerprint density at radius 1 is 1.25 bits per heavy atom. The largest absolute Gasteiger partial charge is 0.356 e. The number of hydrogen-bond donors (Lipinski definition) is 2. The number of rotatable bonds is 5. The predicted molar refractivity (Wildman–Crippen MR) is 82.7 cm³/mol. The number of likely N-dealkylation sites (tertiary alicyclic amines) is 1. The van der Waals surface area contributed by atoms with Gasteiger partial charge in [0, 0.05) is 31.7 Å². The Hall–Kier alpha value is -0.610. The molecule has 2 N–H and O–H groups in total. The van der Waals surface area contributed by atoms with Gasteiger partial charge < -0.3 is 15.5 Å². The molecule has 0 spiro atoms. The molecule has 2 aliphatic heterocycles. The summed E-state index contributed by atoms with van der Waals surface area (Å²) in [4.78, 5) is 14.6. The van der Waals surface area contributed by atoms with Gasteiger partial charge in [0.15, 0.2) is 0 Å². The Morgan fingerprint density at radius 3 is 2.80 bits per heavy atom. The molecule has 2 aliphatic rings. The minimum Gasteiger partial charge on any atom is -0.356 e. The normalized spacial score (nSPS) is 32.0. The summed E-state index contributed by atoms with van der Waals surface area (Å²) in [7, 11) is 0. The zero-order valence-corrected chi connectivity index (χ0v) is 13.2. The van der Waals surface area contributed by atoms with E-state index in [1.54, 1.807) is 0 Å². The molecule has 4 nitrogen and oxygen atoms in total. The van der Waals surface area contributed by atoms with E-state index >= 15 is 0 Å². The fourth-order valence-corrected chi connectivity index (χ4v) is 3.35. The quantitative estimate of drug-likeness (QED) is 0.755. The van der Waals surface area contributed by atoms with Crippen LogP contribution in [0.4, 0.5) is 0 Å². The third-order valence-corrected chi connectivity index (χ3v) is 4.89. The van der Waals surface area contributed by atoms with Crippen molar-refractivity contribution in [3.63, 3.8) is 0 Å². The number of nitrogens with zero attached hydrogens (tertiary/aromatic N) is 1. The van der Waals surface area contributed by atoms with Crippen molar-refractivity contribution < 1.29 is 4.79 Å². The summed E-state index contributed by atoms with van der Waals surface area (Å²) in [5.41, 5.74) is 0. The van der Waals surface area contributed by atoms with E-state index in [2.05, 4.69) is 29.4 Å². The molecule has 0 radical (unpaired) electrons. The Labute approximate surface area is 123 Å². The first-order valence-corrected chi connectivity index (χ1v) is 8.42. The highest BCUT2D eigenvalue weighted by Crippen LogP contribution is 2.16. The number of hydrogen-bond acceptors (Lipinski definition) is 3. The molecule has 4 heteroatoms. The Kier molecular flexibility index (Phi) is 6.30. The van der Waals surface area contributed by atoms with Crippen molar-refractivity contribution in [1.82, 2.24) is 15.5 Å². The SMILES string of the molecule is CC1CCC(C(=O)NCCCN2CCCCC2C)CN1. The Balaban J connectivity index is 1.57. The molecular formula is C16H31N3O. The van der Waals surface area contributed by atoms with Crippen molar-refractivity contribution in [1.29, 1.82) is 0 Å². The number of amides is 1. The summed E-state index contributed by atoms with van der Waals surface area (Å²) in [6, 6.07) is 1.29. The van der Waals surface area contributed by atoms with Crippen molar-refractivity contribution in [2.75, 3.05) is 26.2 Å². The number of carbonyl (C=O) groups excluding carboxylic acids is 1. The van der Waals surface area contributed by atoms with Gasteiger partial charge >= 0.3 is 0 Å². The minimum atomic E-state index is 0.181. The van der Waals surface area contributed by atoms with Crippen LogP contribution in [-0.2, 0) is 4.79 Å². The van der Waals surface area contributed by atoms with Crippen LogP contribution in [0.2, 0.25) is 0 Å². The maximum Gasteiger partial charge on any atom is 0.224 e. The van der Waals surface area contributed by atoms with E-state index < -0.39 is 0 Å². The highest BCUT2D eigenvalue weighted by molar-refractivity contribution is 5.78. The van der Waals surface area contributed by atoms with Crippen LogP contribution in [0.5, 0.6) is 0 Å². The second-order valence-electron chi connectivity index (χ2n) is 6.61. The second kappa shape index (κ2) is 7.99. The molecule has 2 fully saturated rings. The zero-order chi connectivity index (χ0) is 14.4. The molecule has 2 saturated heterocycles. The van der Waals surface area contributed by atoms with Crippen LogP contribution in [0, 0.1) is 5.92 Å². The summed E-state index contributed by atoms with van der Waals surface area (Å²) in [5, 5.41) is 6.51. The molecule has 3 unspecified atom stereocenters. The van der Waals surface area contributed by atoms with E-state index in [9.17, 15) is 4.79 Å². The van der Waals surface area contributed by atoms with Gasteiger partial charge in [0.2, 0.25) is 5.91 Å². The lowest BCUT2D eigenvalue weighted by Gasteiger charge is -2.33. The summed E-state index contributed by atoms with van der Waals surface area (Å²) in [6.07, 6.45) is 7.27. The highest BCUT2D eigenvalue weighted by atomic mass is 16.1. The van der Waals surface area contributed by atoms with Crippen LogP contribution in [0.15, 0.2) is 0 Å². The van der Waals surface area contributed by atoms with Crippen LogP contribution < -0.4 is 10.6 Å². The summed E-state index contributed by atoms with van der Waals surface area (Å²) >= 11 is 0. The smallest absolute Gasteiger partial charge is 0.224 e. The molecule has 1 amide bonds. The van der Waals surface area contributed by atoms with Crippen LogP contribution in [0.25, 0.3) is 0 Å². The second-order valence-corrected chi connectivity index (χ2v) is 6.61. The van der Waals surface area contributed by atoms with E-state index in [4.69, 9.17) is 0 Å². The van der Waals surface area contributed by atoms with Gasteiger partial charge in [-0.05, 0) is 52.5 Å². The van der Waals surface area contributed by atoms with E-state index in [1.165, 1.54) is 25.8 Å². The van der Waals surface area contributed by atoms with E-state index in [0.29, 0.717) is 6.04 Å². The van der Waals surface area contributed by atoms with Crippen molar-refractivity contribution in [2.24, 2.45) is 5.92 Å². The van der Waals surface area contributed by atoms with Gasteiger partial charge in [0.1, 0.15) is 0 Å². The Morgan fingerprint density at radius 2 is 2.10 bits per heavy atom.